The van der Waals surface area contributed by atoms with Crippen molar-refractivity contribution in [2.24, 2.45) is 11.8 Å². The highest BCUT2D eigenvalue weighted by Crippen LogP contribution is 2.63. The van der Waals surface area contributed by atoms with Crippen LogP contribution in [0.3, 0.4) is 0 Å². The highest BCUT2D eigenvalue weighted by Gasteiger charge is 2.78. The van der Waals surface area contributed by atoms with Crippen LogP contribution in [0.2, 0.25) is 0 Å². The molecule has 4 rings (SSSR count). The van der Waals surface area contributed by atoms with Crippen molar-refractivity contribution in [3.05, 3.63) is 25.3 Å². The minimum Gasteiger partial charge on any atom is -0.461 e. The number of morpholine rings is 1. The first kappa shape index (κ1) is 29.7. The van der Waals surface area contributed by atoms with E-state index in [2.05, 4.69) is 18.1 Å². The number of hydrogen-bond donors (Lipinski definition) is 1. The van der Waals surface area contributed by atoms with Gasteiger partial charge < -0.3 is 29.1 Å². The van der Waals surface area contributed by atoms with Gasteiger partial charge in [-0.1, -0.05) is 31.6 Å². The number of unbranched alkanes of at least 4 members (excludes halogenated alkanes) is 3. The number of aliphatic hydroxyl groups excluding tert-OH is 1. The molecule has 218 valence electrons. The van der Waals surface area contributed by atoms with Crippen LogP contribution in [0.5, 0.6) is 0 Å². The first-order valence-electron chi connectivity index (χ1n) is 14.4. The number of fused-ring (bicyclic) bond motifs is 1. The first-order chi connectivity index (χ1) is 18.8. The lowest BCUT2D eigenvalue weighted by Gasteiger charge is -2.37. The highest BCUT2D eigenvalue weighted by molar-refractivity contribution is 5.98. The monoisotopic (exact) mass is 547 g/mol. The van der Waals surface area contributed by atoms with Gasteiger partial charge in [-0.2, -0.15) is 0 Å². The summed E-state index contributed by atoms with van der Waals surface area (Å²) >= 11 is 0. The van der Waals surface area contributed by atoms with E-state index < -0.39 is 35.0 Å². The Balaban J connectivity index is 1.61. The van der Waals surface area contributed by atoms with Crippen molar-refractivity contribution >= 4 is 17.8 Å². The van der Waals surface area contributed by atoms with Gasteiger partial charge in [0.2, 0.25) is 11.8 Å². The normalized spacial score (nSPS) is 31.8. The van der Waals surface area contributed by atoms with Crippen LogP contribution in [-0.2, 0) is 28.6 Å². The van der Waals surface area contributed by atoms with Gasteiger partial charge in [0, 0.05) is 45.9 Å². The lowest BCUT2D eigenvalue weighted by molar-refractivity contribution is -0.159. The second-order valence-electron chi connectivity index (χ2n) is 11.3. The van der Waals surface area contributed by atoms with Crippen LogP contribution in [0.15, 0.2) is 25.3 Å². The van der Waals surface area contributed by atoms with E-state index in [9.17, 15) is 14.4 Å². The standard InChI is InChI=1S/C29H45N3O7/c1-4-12-31(15-14-30-16-20-37-21-17-30)26(35)24-29-11-10-28(3,39-29)23(27(36)38-19-5-2)22(29)25(34)32(24)13-8-6-7-9-18-33/h4-5,22-24,33H,1-2,6-21H2,3H3/t22-,23-,24?,28+,29?/m0/s1. The molecule has 0 radical (unpaired) electrons. The topological polar surface area (TPSA) is 109 Å². The molecule has 39 heavy (non-hydrogen) atoms. The molecule has 0 aromatic rings. The Labute approximate surface area is 231 Å². The van der Waals surface area contributed by atoms with Crippen LogP contribution in [0.1, 0.15) is 45.4 Å². The fourth-order valence-corrected chi connectivity index (χ4v) is 6.99. The SMILES string of the molecule is C=CCOC(=O)[C@@H]1[C@H]2C(=O)N(CCCCCCO)C(C(=O)N(CC=C)CCN3CCOCC3)C23CC[C@@]1(C)O3. The average Bonchev–Trinajstić information content (AvgIpc) is 3.50. The smallest absolute Gasteiger partial charge is 0.313 e. The Morgan fingerprint density at radius 1 is 1.13 bits per heavy atom. The molecule has 4 saturated heterocycles. The number of hydrogen-bond acceptors (Lipinski definition) is 8. The molecule has 5 atom stereocenters. The number of ether oxygens (including phenoxy) is 3. The highest BCUT2D eigenvalue weighted by atomic mass is 16.6. The molecule has 4 aliphatic heterocycles. The molecule has 0 aliphatic carbocycles. The quantitative estimate of drug-likeness (QED) is 0.186. The molecule has 0 aromatic heterocycles. The Hall–Kier alpha value is -2.27. The number of carbonyl (C=O) groups is 3. The first-order valence-corrected chi connectivity index (χ1v) is 14.4. The van der Waals surface area contributed by atoms with Gasteiger partial charge in [-0.3, -0.25) is 19.3 Å². The summed E-state index contributed by atoms with van der Waals surface area (Å²) < 4.78 is 17.6. The lowest BCUT2D eigenvalue weighted by Crippen LogP contribution is -2.57. The minimum atomic E-state index is -1.07. The zero-order valence-corrected chi connectivity index (χ0v) is 23.4. The summed E-state index contributed by atoms with van der Waals surface area (Å²) in [5.74, 6) is -2.35. The zero-order chi connectivity index (χ0) is 28.0. The molecule has 0 aromatic carbocycles. The summed E-state index contributed by atoms with van der Waals surface area (Å²) in [5, 5.41) is 9.14. The van der Waals surface area contributed by atoms with Gasteiger partial charge >= 0.3 is 5.97 Å². The molecule has 2 unspecified atom stereocenters. The number of esters is 1. The molecule has 4 heterocycles. The molecule has 0 saturated carbocycles. The van der Waals surface area contributed by atoms with Crippen molar-refractivity contribution in [3.8, 4) is 0 Å². The van der Waals surface area contributed by atoms with Gasteiger partial charge in [0.15, 0.2) is 0 Å². The van der Waals surface area contributed by atoms with Crippen molar-refractivity contribution in [2.75, 3.05) is 65.7 Å². The Kier molecular flexibility index (Phi) is 9.85. The van der Waals surface area contributed by atoms with Gasteiger partial charge in [0.05, 0.1) is 24.7 Å². The van der Waals surface area contributed by atoms with Crippen molar-refractivity contribution in [3.63, 3.8) is 0 Å². The van der Waals surface area contributed by atoms with E-state index in [-0.39, 0.29) is 25.0 Å². The number of likely N-dealkylation sites (tertiary alicyclic amines) is 1. The third-order valence-corrected chi connectivity index (χ3v) is 8.87. The molecule has 1 N–H and O–H groups in total. The summed E-state index contributed by atoms with van der Waals surface area (Å²) in [5.41, 5.74) is -1.92. The van der Waals surface area contributed by atoms with E-state index in [1.807, 2.05) is 6.92 Å². The predicted octanol–water partition coefficient (Wildman–Crippen LogP) is 1.38. The van der Waals surface area contributed by atoms with Gasteiger partial charge in [-0.15, -0.1) is 6.58 Å². The lowest BCUT2D eigenvalue weighted by atomic mass is 9.66. The van der Waals surface area contributed by atoms with Crippen molar-refractivity contribution in [1.82, 2.24) is 14.7 Å². The summed E-state index contributed by atoms with van der Waals surface area (Å²) in [6, 6.07) is -0.809. The molecule has 4 aliphatic rings. The largest absolute Gasteiger partial charge is 0.461 e. The van der Waals surface area contributed by atoms with Crippen molar-refractivity contribution < 1.29 is 33.7 Å². The second-order valence-corrected chi connectivity index (χ2v) is 11.3. The van der Waals surface area contributed by atoms with Gasteiger partial charge in [0.25, 0.3) is 0 Å². The van der Waals surface area contributed by atoms with Crippen LogP contribution in [0.4, 0.5) is 0 Å². The maximum absolute atomic E-state index is 14.4. The Morgan fingerprint density at radius 2 is 1.87 bits per heavy atom. The molecule has 10 heteroatoms. The van der Waals surface area contributed by atoms with Gasteiger partial charge in [-0.05, 0) is 32.6 Å². The fraction of sp³-hybridized carbons (Fsp3) is 0.759. The molecular weight excluding hydrogens is 502 g/mol. The van der Waals surface area contributed by atoms with E-state index >= 15 is 0 Å². The number of rotatable bonds is 15. The fourth-order valence-electron chi connectivity index (χ4n) is 6.99. The molecule has 4 fully saturated rings. The zero-order valence-electron chi connectivity index (χ0n) is 23.4. The van der Waals surface area contributed by atoms with E-state index in [1.165, 1.54) is 6.08 Å². The van der Waals surface area contributed by atoms with Crippen LogP contribution >= 0.6 is 0 Å². The molecule has 2 amide bonds. The number of carbonyl (C=O) groups excluding carboxylic acids is 3. The van der Waals surface area contributed by atoms with Crippen LogP contribution in [-0.4, -0.2) is 121 Å². The summed E-state index contributed by atoms with van der Waals surface area (Å²) in [6.45, 7) is 14.5. The van der Waals surface area contributed by atoms with Crippen LogP contribution in [0, 0.1) is 11.8 Å². The van der Waals surface area contributed by atoms with E-state index in [0.717, 1.165) is 25.9 Å². The third-order valence-electron chi connectivity index (χ3n) is 8.87. The third kappa shape index (κ3) is 5.80. The van der Waals surface area contributed by atoms with Crippen molar-refractivity contribution in [1.29, 1.82) is 0 Å². The molecule has 2 bridgehead atoms. The molecule has 10 nitrogen and oxygen atoms in total. The van der Waals surface area contributed by atoms with Crippen LogP contribution in [0.25, 0.3) is 0 Å². The average molecular weight is 548 g/mol. The van der Waals surface area contributed by atoms with Crippen molar-refractivity contribution in [2.45, 2.75) is 62.7 Å². The molecule has 1 spiro atoms. The number of nitrogens with zero attached hydrogens (tertiary/aromatic N) is 3. The second kappa shape index (κ2) is 12.9. The van der Waals surface area contributed by atoms with Crippen LogP contribution < -0.4 is 0 Å². The summed E-state index contributed by atoms with van der Waals surface area (Å²) in [4.78, 5) is 47.4. The summed E-state index contributed by atoms with van der Waals surface area (Å²) in [6.07, 6.45) is 7.42. The van der Waals surface area contributed by atoms with E-state index in [4.69, 9.17) is 19.3 Å². The Morgan fingerprint density at radius 3 is 2.56 bits per heavy atom. The van der Waals surface area contributed by atoms with E-state index in [1.54, 1.807) is 15.9 Å². The number of aliphatic hydroxyl groups is 1. The summed E-state index contributed by atoms with van der Waals surface area (Å²) in [7, 11) is 0. The number of amides is 2. The Bertz CT molecular complexity index is 923. The van der Waals surface area contributed by atoms with Gasteiger partial charge in [-0.25, -0.2) is 0 Å². The van der Waals surface area contributed by atoms with E-state index in [0.29, 0.717) is 65.1 Å². The van der Waals surface area contributed by atoms with Gasteiger partial charge in [0.1, 0.15) is 24.2 Å². The molecular formula is C29H45N3O7. The maximum Gasteiger partial charge on any atom is 0.313 e. The maximum atomic E-state index is 14.4. The minimum absolute atomic E-state index is 0.0604. The predicted molar refractivity (Wildman–Crippen MR) is 145 cm³/mol.